The first-order valence-electron chi connectivity index (χ1n) is 5.95. The van der Waals surface area contributed by atoms with Crippen molar-refractivity contribution in [2.75, 3.05) is 7.05 Å². The number of aryl methyl sites for hydroxylation is 1. The van der Waals surface area contributed by atoms with Crippen molar-refractivity contribution < 1.29 is 4.79 Å². The summed E-state index contributed by atoms with van der Waals surface area (Å²) in [5, 5.41) is 9.26. The number of amides is 1. The van der Waals surface area contributed by atoms with Crippen LogP contribution >= 0.6 is 15.9 Å². The van der Waals surface area contributed by atoms with E-state index in [2.05, 4.69) is 22.0 Å². The number of nitriles is 1. The smallest absolute Gasteiger partial charge is 0.254 e. The van der Waals surface area contributed by atoms with Gasteiger partial charge in [0.05, 0.1) is 6.07 Å². The van der Waals surface area contributed by atoms with E-state index in [0.29, 0.717) is 5.56 Å². The molecule has 1 amide bonds. The number of halogens is 1. The Kier molecular flexibility index (Phi) is 3.45. The van der Waals surface area contributed by atoms with Crippen LogP contribution < -0.4 is 0 Å². The fourth-order valence-electron chi connectivity index (χ4n) is 2.28. The van der Waals surface area contributed by atoms with Crippen molar-refractivity contribution >= 4 is 21.8 Å². The molecule has 0 aromatic heterocycles. The second kappa shape index (κ2) is 4.74. The average molecular weight is 307 g/mol. The molecule has 1 aromatic rings. The van der Waals surface area contributed by atoms with Crippen molar-refractivity contribution in [3.8, 4) is 6.07 Å². The molecule has 0 atom stereocenters. The molecule has 1 aliphatic carbocycles. The number of carbonyl (C=O) groups excluding carboxylic acids is 1. The zero-order valence-electron chi connectivity index (χ0n) is 10.5. The molecule has 94 valence electrons. The van der Waals surface area contributed by atoms with Gasteiger partial charge < -0.3 is 4.90 Å². The van der Waals surface area contributed by atoms with Gasteiger partial charge in [0.15, 0.2) is 0 Å². The molecular formula is C14H15BrN2O. The summed E-state index contributed by atoms with van der Waals surface area (Å²) in [7, 11) is 1.72. The summed E-state index contributed by atoms with van der Waals surface area (Å²) in [5.41, 5.74) is 1.07. The highest BCUT2D eigenvalue weighted by Gasteiger charge is 2.43. The molecule has 1 saturated carbocycles. The number of hydrogen-bond acceptors (Lipinski definition) is 2. The van der Waals surface area contributed by atoms with Crippen LogP contribution in [0.25, 0.3) is 0 Å². The summed E-state index contributed by atoms with van der Waals surface area (Å²) in [4.78, 5) is 14.0. The third kappa shape index (κ3) is 2.15. The van der Waals surface area contributed by atoms with Crippen LogP contribution in [0, 0.1) is 18.3 Å². The normalized spacial score (nSPS) is 16.6. The van der Waals surface area contributed by atoms with Gasteiger partial charge in [-0.2, -0.15) is 5.26 Å². The molecule has 0 spiro atoms. The number of nitrogens with zero attached hydrogens (tertiary/aromatic N) is 2. The third-order valence-corrected chi connectivity index (χ3v) is 4.08. The number of rotatable bonds is 2. The lowest BCUT2D eigenvalue weighted by Gasteiger charge is -2.43. The van der Waals surface area contributed by atoms with Crippen LogP contribution in [0.4, 0.5) is 0 Å². The van der Waals surface area contributed by atoms with Gasteiger partial charge in [0.2, 0.25) is 0 Å². The molecule has 0 saturated heterocycles. The van der Waals surface area contributed by atoms with E-state index in [-0.39, 0.29) is 5.91 Å². The van der Waals surface area contributed by atoms with Gasteiger partial charge in [0, 0.05) is 17.1 Å². The highest BCUT2D eigenvalue weighted by atomic mass is 79.9. The molecule has 0 heterocycles. The zero-order valence-corrected chi connectivity index (χ0v) is 12.1. The quantitative estimate of drug-likeness (QED) is 0.841. The highest BCUT2D eigenvalue weighted by Crippen LogP contribution is 2.37. The first-order valence-corrected chi connectivity index (χ1v) is 6.74. The van der Waals surface area contributed by atoms with Crippen LogP contribution in [-0.2, 0) is 0 Å². The summed E-state index contributed by atoms with van der Waals surface area (Å²) in [6.07, 6.45) is 2.57. The van der Waals surface area contributed by atoms with Gasteiger partial charge in [0.25, 0.3) is 5.91 Å². The van der Waals surface area contributed by atoms with Crippen LogP contribution in [0.15, 0.2) is 22.7 Å². The van der Waals surface area contributed by atoms with Crippen LogP contribution in [0.3, 0.4) is 0 Å². The molecule has 1 aromatic carbocycles. The summed E-state index contributed by atoms with van der Waals surface area (Å²) < 4.78 is 0.888. The van der Waals surface area contributed by atoms with Crippen LogP contribution in [-0.4, -0.2) is 23.4 Å². The van der Waals surface area contributed by atoms with Gasteiger partial charge in [-0.05, 0) is 49.9 Å². The van der Waals surface area contributed by atoms with Crippen LogP contribution in [0.1, 0.15) is 35.2 Å². The minimum atomic E-state index is -0.590. The molecule has 0 aliphatic heterocycles. The monoisotopic (exact) mass is 306 g/mol. The average Bonchev–Trinajstić information content (AvgIpc) is 2.25. The minimum absolute atomic E-state index is 0.0827. The van der Waals surface area contributed by atoms with Crippen molar-refractivity contribution in [2.24, 2.45) is 0 Å². The molecule has 2 rings (SSSR count). The lowest BCUT2D eigenvalue weighted by molar-refractivity contribution is 0.0497. The van der Waals surface area contributed by atoms with Gasteiger partial charge in [-0.25, -0.2) is 0 Å². The molecule has 1 fully saturated rings. The molecule has 1 aliphatic rings. The summed E-state index contributed by atoms with van der Waals surface area (Å²) in [6.45, 7) is 1.95. The van der Waals surface area contributed by atoms with E-state index < -0.39 is 5.54 Å². The molecule has 4 heteroatoms. The van der Waals surface area contributed by atoms with E-state index >= 15 is 0 Å². The fraction of sp³-hybridized carbons (Fsp3) is 0.429. The van der Waals surface area contributed by atoms with E-state index in [4.69, 9.17) is 0 Å². The highest BCUT2D eigenvalue weighted by molar-refractivity contribution is 9.10. The topological polar surface area (TPSA) is 44.1 Å². The number of hydrogen-bond donors (Lipinski definition) is 0. The maximum atomic E-state index is 12.4. The van der Waals surface area contributed by atoms with Crippen molar-refractivity contribution in [3.05, 3.63) is 33.8 Å². The van der Waals surface area contributed by atoms with Gasteiger partial charge in [0.1, 0.15) is 5.54 Å². The molecule has 0 radical (unpaired) electrons. The summed E-state index contributed by atoms with van der Waals surface area (Å²) in [5.74, 6) is -0.0827. The summed E-state index contributed by atoms with van der Waals surface area (Å²) in [6, 6.07) is 7.90. The Hall–Kier alpha value is -1.34. The second-order valence-electron chi connectivity index (χ2n) is 4.88. The molecule has 0 bridgehead atoms. The van der Waals surface area contributed by atoms with Gasteiger partial charge in [-0.3, -0.25) is 4.79 Å². The SMILES string of the molecule is Cc1cc(Br)cc(C(=O)N(C)C2(C#N)CCC2)c1. The van der Waals surface area contributed by atoms with Crippen molar-refractivity contribution in [1.82, 2.24) is 4.90 Å². The lowest BCUT2D eigenvalue weighted by atomic mass is 9.76. The Balaban J connectivity index is 2.29. The Labute approximate surface area is 116 Å². The van der Waals surface area contributed by atoms with Gasteiger partial charge >= 0.3 is 0 Å². The van der Waals surface area contributed by atoms with Crippen LogP contribution in [0.2, 0.25) is 0 Å². The molecule has 0 N–H and O–H groups in total. The Morgan fingerprint density at radius 3 is 2.56 bits per heavy atom. The molecular weight excluding hydrogens is 292 g/mol. The lowest BCUT2D eigenvalue weighted by Crippen LogP contribution is -2.53. The largest absolute Gasteiger partial charge is 0.323 e. The maximum absolute atomic E-state index is 12.4. The first-order chi connectivity index (χ1) is 8.48. The minimum Gasteiger partial charge on any atom is -0.323 e. The van der Waals surface area contributed by atoms with E-state index in [1.165, 1.54) is 0 Å². The Bertz CT molecular complexity index is 509. The van der Waals surface area contributed by atoms with Crippen LogP contribution in [0.5, 0.6) is 0 Å². The van der Waals surface area contributed by atoms with Gasteiger partial charge in [-0.1, -0.05) is 15.9 Å². The Morgan fingerprint density at radius 2 is 2.11 bits per heavy atom. The predicted molar refractivity (Wildman–Crippen MR) is 73.2 cm³/mol. The standard InChI is InChI=1S/C14H15BrN2O/c1-10-6-11(8-12(15)7-10)13(18)17(2)14(9-16)4-3-5-14/h6-8H,3-5H2,1-2H3. The van der Waals surface area contributed by atoms with Gasteiger partial charge in [-0.15, -0.1) is 0 Å². The number of carbonyl (C=O) groups is 1. The van der Waals surface area contributed by atoms with Crippen molar-refractivity contribution in [3.63, 3.8) is 0 Å². The van der Waals surface area contributed by atoms with E-state index in [0.717, 1.165) is 29.3 Å². The van der Waals surface area contributed by atoms with E-state index in [1.54, 1.807) is 18.0 Å². The third-order valence-electron chi connectivity index (χ3n) is 3.62. The maximum Gasteiger partial charge on any atom is 0.254 e. The second-order valence-corrected chi connectivity index (χ2v) is 5.79. The van der Waals surface area contributed by atoms with Crippen molar-refractivity contribution in [1.29, 1.82) is 5.26 Å². The van der Waals surface area contributed by atoms with E-state index in [9.17, 15) is 10.1 Å². The fourth-order valence-corrected chi connectivity index (χ4v) is 2.89. The molecule has 18 heavy (non-hydrogen) atoms. The predicted octanol–water partition coefficient (Wildman–Crippen LogP) is 3.28. The van der Waals surface area contributed by atoms with Crippen molar-refractivity contribution in [2.45, 2.75) is 31.7 Å². The summed E-state index contributed by atoms with van der Waals surface area (Å²) >= 11 is 3.39. The molecule has 0 unspecified atom stereocenters. The Morgan fingerprint density at radius 1 is 1.44 bits per heavy atom. The molecule has 3 nitrogen and oxygen atoms in total. The zero-order chi connectivity index (χ0) is 13.3. The van der Waals surface area contributed by atoms with E-state index in [1.807, 2.05) is 19.1 Å². The first kappa shape index (κ1) is 13.1. The number of benzene rings is 1.